The number of aliphatic hydroxyl groups excluding tert-OH is 1. The Balaban J connectivity index is 2.89. The Kier molecular flexibility index (Phi) is 4.07. The van der Waals surface area contributed by atoms with E-state index in [1.807, 2.05) is 0 Å². The lowest BCUT2D eigenvalue weighted by molar-refractivity contribution is 0.217. The maximum absolute atomic E-state index is 11.7. The number of hydrogen-bond acceptors (Lipinski definition) is 3. The van der Waals surface area contributed by atoms with Crippen LogP contribution in [0.4, 0.5) is 0 Å². The lowest BCUT2D eigenvalue weighted by Crippen LogP contribution is -2.18. The minimum absolute atomic E-state index is 0.0579. The molecule has 0 aliphatic carbocycles. The highest BCUT2D eigenvalue weighted by Gasteiger charge is 2.34. The van der Waals surface area contributed by atoms with Gasteiger partial charge in [-0.3, -0.25) is 9.13 Å². The van der Waals surface area contributed by atoms with E-state index in [9.17, 15) is 14.0 Å². The predicted molar refractivity (Wildman–Crippen MR) is 58.8 cm³/mol. The smallest absolute Gasteiger partial charge is 0.354 e. The number of benzene rings is 1. The molecule has 0 amide bonds. The molecule has 0 heterocycles. The second-order valence-corrected chi connectivity index (χ2v) is 7.35. The summed E-state index contributed by atoms with van der Waals surface area (Å²) in [5.41, 5.74) is 0. The zero-order valence-corrected chi connectivity index (χ0v) is 9.96. The van der Waals surface area contributed by atoms with E-state index in [2.05, 4.69) is 0 Å². The van der Waals surface area contributed by atoms with Crippen molar-refractivity contribution in [3.05, 3.63) is 30.3 Å². The van der Waals surface area contributed by atoms with Gasteiger partial charge in [0.1, 0.15) is 0 Å². The van der Waals surface area contributed by atoms with Crippen LogP contribution in [-0.4, -0.2) is 31.8 Å². The van der Waals surface area contributed by atoms with E-state index in [-0.39, 0.29) is 5.30 Å². The first-order chi connectivity index (χ1) is 7.23. The Morgan fingerprint density at radius 2 is 1.56 bits per heavy atom. The summed E-state index contributed by atoms with van der Waals surface area (Å²) in [6.07, 6.45) is -0.860. The highest BCUT2D eigenvalue weighted by atomic mass is 31.2. The molecule has 1 aromatic rings. The molecule has 4 N–H and O–H groups in total. The van der Waals surface area contributed by atoms with Crippen LogP contribution in [-0.2, 0) is 9.13 Å². The van der Waals surface area contributed by atoms with Gasteiger partial charge in [0.15, 0.2) is 5.85 Å². The van der Waals surface area contributed by atoms with Crippen molar-refractivity contribution in [1.29, 1.82) is 0 Å². The van der Waals surface area contributed by atoms with Crippen molar-refractivity contribution in [2.45, 2.75) is 5.85 Å². The second-order valence-electron chi connectivity index (χ2n) is 3.29. The SMILES string of the molecule is O=P(O)(CC(O)P(=O)(O)O)c1ccccc1. The van der Waals surface area contributed by atoms with E-state index < -0.39 is 27.0 Å². The van der Waals surface area contributed by atoms with Crippen molar-refractivity contribution in [2.75, 3.05) is 6.16 Å². The summed E-state index contributed by atoms with van der Waals surface area (Å²) >= 11 is 0. The molecule has 0 bridgehead atoms. The van der Waals surface area contributed by atoms with Crippen LogP contribution in [0.2, 0.25) is 0 Å². The van der Waals surface area contributed by atoms with Gasteiger partial charge in [-0.1, -0.05) is 18.2 Å². The van der Waals surface area contributed by atoms with Gasteiger partial charge in [0.2, 0.25) is 7.37 Å². The highest BCUT2D eigenvalue weighted by Crippen LogP contribution is 2.49. The van der Waals surface area contributed by atoms with Crippen LogP contribution in [0.3, 0.4) is 0 Å². The molecule has 0 saturated heterocycles. The molecule has 90 valence electrons. The molecule has 0 aromatic heterocycles. The second kappa shape index (κ2) is 4.80. The van der Waals surface area contributed by atoms with Gasteiger partial charge in [0.25, 0.3) is 0 Å². The predicted octanol–water partition coefficient (Wildman–Crippen LogP) is 0.0784. The third-order valence-corrected chi connectivity index (χ3v) is 5.15. The maximum atomic E-state index is 11.7. The van der Waals surface area contributed by atoms with Crippen LogP contribution in [0.1, 0.15) is 0 Å². The Hall–Kier alpha value is -0.480. The largest absolute Gasteiger partial charge is 0.380 e. The Morgan fingerprint density at radius 1 is 1.06 bits per heavy atom. The van der Waals surface area contributed by atoms with Crippen LogP contribution < -0.4 is 5.30 Å². The Labute approximate surface area is 92.2 Å². The molecule has 0 fully saturated rings. The van der Waals surface area contributed by atoms with Crippen LogP contribution in [0, 0.1) is 0 Å². The summed E-state index contributed by atoms with van der Waals surface area (Å²) in [5.74, 6) is -2.12. The summed E-state index contributed by atoms with van der Waals surface area (Å²) in [6, 6.07) is 7.44. The molecule has 2 unspecified atom stereocenters. The van der Waals surface area contributed by atoms with Crippen molar-refractivity contribution in [2.24, 2.45) is 0 Å². The van der Waals surface area contributed by atoms with Gasteiger partial charge in [0.05, 0.1) is 6.16 Å². The van der Waals surface area contributed by atoms with Crippen molar-refractivity contribution in [1.82, 2.24) is 0 Å². The van der Waals surface area contributed by atoms with Gasteiger partial charge in [-0.25, -0.2) is 0 Å². The van der Waals surface area contributed by atoms with Crippen molar-refractivity contribution in [3.63, 3.8) is 0 Å². The lowest BCUT2D eigenvalue weighted by Gasteiger charge is -2.17. The normalized spacial score (nSPS) is 17.8. The molecule has 0 aliphatic rings. The van der Waals surface area contributed by atoms with Gasteiger partial charge in [-0.2, -0.15) is 0 Å². The summed E-state index contributed by atoms with van der Waals surface area (Å²) < 4.78 is 22.4. The number of aliphatic hydroxyl groups is 1. The molecule has 8 heteroatoms. The van der Waals surface area contributed by atoms with Crippen LogP contribution in [0.15, 0.2) is 30.3 Å². The van der Waals surface area contributed by atoms with E-state index in [0.717, 1.165) is 0 Å². The standard InChI is InChI=1S/C8H12O6P2/c9-8(16(12,13)14)6-15(10,11)7-4-2-1-3-5-7/h1-5,8-9H,6H2,(H,10,11)(H2,12,13,14). The molecule has 2 atom stereocenters. The molecule has 0 aliphatic heterocycles. The van der Waals surface area contributed by atoms with Crippen molar-refractivity contribution >= 4 is 20.3 Å². The molecule has 1 aromatic carbocycles. The fourth-order valence-electron chi connectivity index (χ4n) is 1.09. The summed E-state index contributed by atoms with van der Waals surface area (Å²) in [5, 5.41) is 9.15. The van der Waals surface area contributed by atoms with Crippen molar-refractivity contribution < 1.29 is 28.9 Å². The van der Waals surface area contributed by atoms with E-state index in [1.54, 1.807) is 6.07 Å². The van der Waals surface area contributed by atoms with Crippen LogP contribution in [0.25, 0.3) is 0 Å². The van der Waals surface area contributed by atoms with Crippen LogP contribution in [0.5, 0.6) is 0 Å². The summed E-state index contributed by atoms with van der Waals surface area (Å²) in [4.78, 5) is 26.8. The van der Waals surface area contributed by atoms with E-state index in [0.29, 0.717) is 0 Å². The zero-order valence-electron chi connectivity index (χ0n) is 8.17. The highest BCUT2D eigenvalue weighted by molar-refractivity contribution is 7.67. The van der Waals surface area contributed by atoms with Gasteiger partial charge in [-0.05, 0) is 12.1 Å². The Morgan fingerprint density at radius 3 is 2.00 bits per heavy atom. The van der Waals surface area contributed by atoms with E-state index in [1.165, 1.54) is 24.3 Å². The number of hydrogen-bond donors (Lipinski definition) is 4. The third kappa shape index (κ3) is 3.52. The van der Waals surface area contributed by atoms with E-state index in [4.69, 9.17) is 14.9 Å². The van der Waals surface area contributed by atoms with Gasteiger partial charge in [-0.15, -0.1) is 0 Å². The minimum Gasteiger partial charge on any atom is -0.380 e. The fourth-order valence-corrected chi connectivity index (χ4v) is 3.90. The summed E-state index contributed by atoms with van der Waals surface area (Å²) in [7, 11) is -8.69. The average molecular weight is 266 g/mol. The monoisotopic (exact) mass is 266 g/mol. The van der Waals surface area contributed by atoms with Crippen LogP contribution >= 0.6 is 15.0 Å². The first kappa shape index (κ1) is 13.6. The first-order valence-corrected chi connectivity index (χ1v) is 7.87. The average Bonchev–Trinajstić information content (AvgIpc) is 2.17. The molecule has 0 saturated carbocycles. The molecule has 1 rings (SSSR count). The molecular weight excluding hydrogens is 254 g/mol. The molecule has 0 spiro atoms. The van der Waals surface area contributed by atoms with Crippen molar-refractivity contribution in [3.8, 4) is 0 Å². The van der Waals surface area contributed by atoms with Gasteiger partial charge >= 0.3 is 7.60 Å². The lowest BCUT2D eigenvalue weighted by atomic mass is 10.4. The zero-order chi connectivity index (χ0) is 12.4. The molecule has 0 radical (unpaired) electrons. The first-order valence-electron chi connectivity index (χ1n) is 4.34. The molecule has 16 heavy (non-hydrogen) atoms. The quantitative estimate of drug-likeness (QED) is 0.573. The molecule has 6 nitrogen and oxygen atoms in total. The topological polar surface area (TPSA) is 115 Å². The third-order valence-electron chi connectivity index (χ3n) is 1.96. The fraction of sp³-hybridized carbons (Fsp3) is 0.250. The minimum atomic E-state index is -4.75. The van der Waals surface area contributed by atoms with Gasteiger partial charge in [0, 0.05) is 5.30 Å². The Bertz CT molecular complexity index is 439. The summed E-state index contributed by atoms with van der Waals surface area (Å²) in [6.45, 7) is 0. The van der Waals surface area contributed by atoms with Gasteiger partial charge < -0.3 is 19.8 Å². The number of rotatable bonds is 4. The maximum Gasteiger partial charge on any atom is 0.354 e. The molecular formula is C8H12O6P2. The van der Waals surface area contributed by atoms with E-state index >= 15 is 0 Å².